The molecule has 3 aromatic rings. The van der Waals surface area contributed by atoms with Crippen LogP contribution in [0.15, 0.2) is 77.1 Å². The SMILES string of the molecule is CCc1ccc2c(c1)C(c1ccncc1)=NNC(c1ccc(C)cc1)=N2. The van der Waals surface area contributed by atoms with E-state index in [0.29, 0.717) is 0 Å². The lowest BCUT2D eigenvalue weighted by Gasteiger charge is -2.09. The lowest BCUT2D eigenvalue weighted by molar-refractivity contribution is 1.03. The van der Waals surface area contributed by atoms with Gasteiger partial charge in [0, 0.05) is 29.1 Å². The van der Waals surface area contributed by atoms with Crippen LogP contribution in [0, 0.1) is 6.92 Å². The van der Waals surface area contributed by atoms with Crippen molar-refractivity contribution in [2.24, 2.45) is 10.1 Å². The van der Waals surface area contributed by atoms with Gasteiger partial charge >= 0.3 is 0 Å². The first-order chi connectivity index (χ1) is 12.7. The average molecular weight is 340 g/mol. The number of hydrogen-bond donors (Lipinski definition) is 1. The summed E-state index contributed by atoms with van der Waals surface area (Å²) < 4.78 is 0. The Morgan fingerprint density at radius 1 is 0.885 bits per heavy atom. The number of nitrogens with zero attached hydrogens (tertiary/aromatic N) is 3. The van der Waals surface area contributed by atoms with Gasteiger partial charge in [0.1, 0.15) is 5.71 Å². The first-order valence-electron chi connectivity index (χ1n) is 8.77. The van der Waals surface area contributed by atoms with Crippen LogP contribution in [0.4, 0.5) is 5.69 Å². The average Bonchev–Trinajstić information content (AvgIpc) is 2.88. The summed E-state index contributed by atoms with van der Waals surface area (Å²) in [5.74, 6) is 0.750. The summed E-state index contributed by atoms with van der Waals surface area (Å²) in [6.45, 7) is 4.23. The van der Waals surface area contributed by atoms with Crippen LogP contribution < -0.4 is 5.43 Å². The van der Waals surface area contributed by atoms with E-state index in [1.165, 1.54) is 11.1 Å². The Labute approximate surface area is 153 Å². The normalized spacial score (nSPS) is 13.2. The molecule has 0 amide bonds. The topological polar surface area (TPSA) is 49.6 Å². The van der Waals surface area contributed by atoms with Gasteiger partial charge in [0.25, 0.3) is 0 Å². The van der Waals surface area contributed by atoms with E-state index < -0.39 is 0 Å². The number of nitrogens with one attached hydrogen (secondary N) is 1. The maximum atomic E-state index is 4.87. The Bertz CT molecular complexity index is 986. The van der Waals surface area contributed by atoms with Crippen LogP contribution in [0.2, 0.25) is 0 Å². The minimum atomic E-state index is 0.750. The maximum Gasteiger partial charge on any atom is 0.154 e. The van der Waals surface area contributed by atoms with E-state index in [9.17, 15) is 0 Å². The Morgan fingerprint density at radius 2 is 1.65 bits per heavy atom. The predicted octanol–water partition coefficient (Wildman–Crippen LogP) is 4.39. The van der Waals surface area contributed by atoms with Gasteiger partial charge in [0.05, 0.1) is 5.69 Å². The molecule has 0 unspecified atom stereocenters. The molecule has 0 spiro atoms. The summed E-state index contributed by atoms with van der Waals surface area (Å²) in [6, 6.07) is 18.6. The fourth-order valence-corrected chi connectivity index (χ4v) is 2.98. The lowest BCUT2D eigenvalue weighted by Crippen LogP contribution is -2.19. The lowest BCUT2D eigenvalue weighted by atomic mass is 9.98. The largest absolute Gasteiger partial charge is 0.265 e. The van der Waals surface area contributed by atoms with Crippen LogP contribution in [0.5, 0.6) is 0 Å². The zero-order chi connectivity index (χ0) is 17.9. The molecule has 1 N–H and O–H groups in total. The highest BCUT2D eigenvalue weighted by atomic mass is 15.3. The van der Waals surface area contributed by atoms with Crippen molar-refractivity contribution in [3.05, 3.63) is 94.8 Å². The van der Waals surface area contributed by atoms with Gasteiger partial charge in [-0.05, 0) is 43.2 Å². The predicted molar refractivity (Wildman–Crippen MR) is 106 cm³/mol. The first-order valence-corrected chi connectivity index (χ1v) is 8.77. The zero-order valence-electron chi connectivity index (χ0n) is 14.9. The summed E-state index contributed by atoms with van der Waals surface area (Å²) in [5, 5.41) is 4.70. The van der Waals surface area contributed by atoms with Crippen molar-refractivity contribution < 1.29 is 0 Å². The van der Waals surface area contributed by atoms with Crippen molar-refractivity contribution >= 4 is 17.2 Å². The van der Waals surface area contributed by atoms with Gasteiger partial charge in [0.15, 0.2) is 5.84 Å². The van der Waals surface area contributed by atoms with Gasteiger partial charge in [0.2, 0.25) is 0 Å². The molecule has 128 valence electrons. The highest BCUT2D eigenvalue weighted by Gasteiger charge is 2.17. The molecule has 4 heteroatoms. The standard InChI is InChI=1S/C22H20N4/c1-3-16-6-9-20-19(14-16)21(17-10-12-23-13-11-17)25-26-22(24-20)18-7-4-15(2)5-8-18/h4-14H,3H2,1-2H3,(H,24,26). The summed E-state index contributed by atoms with van der Waals surface area (Å²) >= 11 is 0. The number of aliphatic imine (C=N–C) groups is 1. The van der Waals surface area contributed by atoms with Gasteiger partial charge in [-0.15, -0.1) is 0 Å². The molecule has 4 rings (SSSR count). The smallest absolute Gasteiger partial charge is 0.154 e. The number of aromatic nitrogens is 1. The van der Waals surface area contributed by atoms with E-state index in [2.05, 4.69) is 66.7 Å². The number of pyridine rings is 1. The van der Waals surface area contributed by atoms with Crippen LogP contribution in [0.25, 0.3) is 0 Å². The molecule has 2 heterocycles. The molecule has 26 heavy (non-hydrogen) atoms. The van der Waals surface area contributed by atoms with Gasteiger partial charge in [-0.3, -0.25) is 10.4 Å². The molecule has 0 atom stereocenters. The molecule has 4 nitrogen and oxygen atoms in total. The van der Waals surface area contributed by atoms with Crippen LogP contribution >= 0.6 is 0 Å². The van der Waals surface area contributed by atoms with E-state index in [-0.39, 0.29) is 0 Å². The Kier molecular flexibility index (Phi) is 4.32. The van der Waals surface area contributed by atoms with Gasteiger partial charge in [-0.25, -0.2) is 4.99 Å². The number of amidine groups is 1. The second-order valence-corrected chi connectivity index (χ2v) is 6.34. The van der Waals surface area contributed by atoms with Gasteiger partial charge in [-0.1, -0.05) is 42.8 Å². The van der Waals surface area contributed by atoms with Crippen molar-refractivity contribution in [3.8, 4) is 0 Å². The molecule has 2 aromatic carbocycles. The third-order valence-corrected chi connectivity index (χ3v) is 4.51. The number of fused-ring (bicyclic) bond motifs is 1. The van der Waals surface area contributed by atoms with Crippen LogP contribution in [-0.2, 0) is 6.42 Å². The molecule has 0 saturated heterocycles. The van der Waals surface area contributed by atoms with E-state index in [0.717, 1.165) is 40.3 Å². The highest BCUT2D eigenvalue weighted by Crippen LogP contribution is 2.27. The third-order valence-electron chi connectivity index (χ3n) is 4.51. The van der Waals surface area contributed by atoms with E-state index in [4.69, 9.17) is 10.1 Å². The summed E-state index contributed by atoms with van der Waals surface area (Å²) in [4.78, 5) is 8.99. The Balaban J connectivity index is 1.87. The number of hydrogen-bond acceptors (Lipinski definition) is 4. The molecular weight excluding hydrogens is 320 g/mol. The molecule has 1 aromatic heterocycles. The zero-order valence-corrected chi connectivity index (χ0v) is 14.9. The van der Waals surface area contributed by atoms with E-state index in [1.54, 1.807) is 12.4 Å². The molecule has 0 bridgehead atoms. The van der Waals surface area contributed by atoms with Crippen LogP contribution in [-0.4, -0.2) is 16.5 Å². The molecule has 0 radical (unpaired) electrons. The van der Waals surface area contributed by atoms with E-state index >= 15 is 0 Å². The molecular formula is C22H20N4. The fourth-order valence-electron chi connectivity index (χ4n) is 2.98. The van der Waals surface area contributed by atoms with Crippen molar-refractivity contribution in [2.45, 2.75) is 20.3 Å². The van der Waals surface area contributed by atoms with Crippen LogP contribution in [0.3, 0.4) is 0 Å². The molecule has 0 aliphatic carbocycles. The first kappa shape index (κ1) is 16.2. The molecule has 0 saturated carbocycles. The second kappa shape index (κ2) is 6.92. The molecule has 1 aliphatic heterocycles. The summed E-state index contributed by atoms with van der Waals surface area (Å²) in [5.41, 5.74) is 10.5. The second-order valence-electron chi connectivity index (χ2n) is 6.34. The van der Waals surface area contributed by atoms with Crippen molar-refractivity contribution in [1.29, 1.82) is 0 Å². The summed E-state index contributed by atoms with van der Waals surface area (Å²) in [6.07, 6.45) is 4.54. The van der Waals surface area contributed by atoms with Gasteiger partial charge in [-0.2, -0.15) is 5.10 Å². The monoisotopic (exact) mass is 340 g/mol. The van der Waals surface area contributed by atoms with Crippen molar-refractivity contribution in [3.63, 3.8) is 0 Å². The Hall–Kier alpha value is -3.27. The van der Waals surface area contributed by atoms with Gasteiger partial charge < -0.3 is 0 Å². The number of benzene rings is 2. The third kappa shape index (κ3) is 3.14. The fraction of sp³-hybridized carbons (Fsp3) is 0.136. The quantitative estimate of drug-likeness (QED) is 0.769. The molecule has 1 aliphatic rings. The summed E-state index contributed by atoms with van der Waals surface area (Å²) in [7, 11) is 0. The van der Waals surface area contributed by atoms with E-state index in [1.807, 2.05) is 12.1 Å². The van der Waals surface area contributed by atoms with Crippen molar-refractivity contribution in [1.82, 2.24) is 10.4 Å². The minimum Gasteiger partial charge on any atom is -0.265 e. The number of rotatable bonds is 3. The van der Waals surface area contributed by atoms with Crippen molar-refractivity contribution in [2.75, 3.05) is 0 Å². The van der Waals surface area contributed by atoms with Crippen LogP contribution in [0.1, 0.15) is 34.7 Å². The number of aryl methyl sites for hydroxylation is 2. The Morgan fingerprint density at radius 3 is 2.38 bits per heavy atom. The minimum absolute atomic E-state index is 0.750. The highest BCUT2D eigenvalue weighted by molar-refractivity contribution is 6.18. The molecule has 0 fully saturated rings. The number of hydrazone groups is 1. The maximum absolute atomic E-state index is 4.87.